The van der Waals surface area contributed by atoms with Crippen LogP contribution in [0.3, 0.4) is 0 Å². The molecular weight excluding hydrogens is 366 g/mol. The Kier molecular flexibility index (Phi) is 5.54. The molecule has 0 saturated carbocycles. The number of rotatable bonds is 7. The Morgan fingerprint density at radius 3 is 2.75 bits per heavy atom. The number of H-pyrrole nitrogens is 1. The van der Waals surface area contributed by atoms with E-state index in [1.807, 2.05) is 24.3 Å². The summed E-state index contributed by atoms with van der Waals surface area (Å²) in [5.41, 5.74) is 1.32. The average Bonchev–Trinajstić information content (AvgIpc) is 3.09. The monoisotopic (exact) mass is 383 g/mol. The van der Waals surface area contributed by atoms with Crippen molar-refractivity contribution in [3.8, 4) is 5.75 Å². The number of carbonyl (C=O) groups is 2. The van der Waals surface area contributed by atoms with E-state index in [2.05, 4.69) is 10.3 Å². The first-order valence-corrected chi connectivity index (χ1v) is 8.31. The van der Waals surface area contributed by atoms with E-state index in [-0.39, 0.29) is 23.5 Å². The molecule has 1 heterocycles. The van der Waals surface area contributed by atoms with Crippen LogP contribution in [0.15, 0.2) is 48.7 Å². The van der Waals surface area contributed by atoms with E-state index in [0.717, 1.165) is 16.5 Å². The van der Waals surface area contributed by atoms with Crippen molar-refractivity contribution in [2.45, 2.75) is 6.42 Å². The van der Waals surface area contributed by atoms with Crippen LogP contribution < -0.4 is 10.1 Å². The first-order valence-electron chi connectivity index (χ1n) is 8.31. The number of methoxy groups -OCH3 is 1. The third-order valence-electron chi connectivity index (χ3n) is 4.05. The summed E-state index contributed by atoms with van der Waals surface area (Å²) in [5, 5.41) is 14.4. The van der Waals surface area contributed by atoms with Crippen molar-refractivity contribution >= 4 is 34.2 Å². The van der Waals surface area contributed by atoms with Crippen molar-refractivity contribution in [3.05, 3.63) is 64.3 Å². The van der Waals surface area contributed by atoms with Gasteiger partial charge in [0.2, 0.25) is 0 Å². The van der Waals surface area contributed by atoms with Crippen LogP contribution >= 0.6 is 0 Å². The minimum absolute atomic E-state index is 0.0000229. The van der Waals surface area contributed by atoms with Gasteiger partial charge in [-0.15, -0.1) is 0 Å². The number of anilines is 1. The lowest BCUT2D eigenvalue weighted by Gasteiger charge is -2.08. The van der Waals surface area contributed by atoms with Crippen LogP contribution in [0.25, 0.3) is 10.9 Å². The van der Waals surface area contributed by atoms with E-state index in [9.17, 15) is 19.7 Å². The zero-order chi connectivity index (χ0) is 20.1. The molecule has 0 bridgehead atoms. The van der Waals surface area contributed by atoms with Crippen molar-refractivity contribution in [1.29, 1.82) is 0 Å². The summed E-state index contributed by atoms with van der Waals surface area (Å²) < 4.78 is 9.92. The summed E-state index contributed by atoms with van der Waals surface area (Å²) >= 11 is 0. The number of benzene rings is 2. The molecule has 9 heteroatoms. The maximum Gasteiger partial charge on any atom is 0.310 e. The Bertz CT molecular complexity index is 1040. The van der Waals surface area contributed by atoms with Gasteiger partial charge >= 0.3 is 5.97 Å². The number of nitro benzene ring substituents is 1. The number of fused-ring (bicyclic) bond motifs is 1. The molecule has 3 aromatic rings. The van der Waals surface area contributed by atoms with Crippen molar-refractivity contribution < 1.29 is 24.0 Å². The Labute approximate surface area is 159 Å². The number of aromatic nitrogens is 1. The van der Waals surface area contributed by atoms with Gasteiger partial charge in [0.05, 0.1) is 24.5 Å². The highest BCUT2D eigenvalue weighted by Gasteiger charge is 2.18. The zero-order valence-corrected chi connectivity index (χ0v) is 14.9. The van der Waals surface area contributed by atoms with Crippen molar-refractivity contribution in [2.24, 2.45) is 0 Å². The number of nitrogens with zero attached hydrogens (tertiary/aromatic N) is 1. The predicted octanol–water partition coefficient (Wildman–Crippen LogP) is 2.81. The topological polar surface area (TPSA) is 124 Å². The number of amides is 1. The summed E-state index contributed by atoms with van der Waals surface area (Å²) in [4.78, 5) is 37.6. The highest BCUT2D eigenvalue weighted by Crippen LogP contribution is 2.28. The minimum atomic E-state index is -0.680. The maximum absolute atomic E-state index is 12.0. The number of hydrogen-bond acceptors (Lipinski definition) is 6. The quantitative estimate of drug-likeness (QED) is 0.367. The summed E-state index contributed by atoms with van der Waals surface area (Å²) in [6.07, 6.45) is 1.71. The second-order valence-corrected chi connectivity index (χ2v) is 5.89. The van der Waals surface area contributed by atoms with Gasteiger partial charge in [-0.2, -0.15) is 0 Å². The molecule has 3 rings (SSSR count). The number of nitrogens with one attached hydrogen (secondary N) is 2. The van der Waals surface area contributed by atoms with Crippen molar-refractivity contribution in [1.82, 2.24) is 4.98 Å². The Morgan fingerprint density at radius 1 is 1.21 bits per heavy atom. The van der Waals surface area contributed by atoms with Gasteiger partial charge in [0.1, 0.15) is 11.4 Å². The molecule has 144 valence electrons. The van der Waals surface area contributed by atoms with Gasteiger partial charge in [-0.05, 0) is 23.8 Å². The molecule has 0 fully saturated rings. The smallest absolute Gasteiger partial charge is 0.310 e. The van der Waals surface area contributed by atoms with Crippen LogP contribution in [-0.4, -0.2) is 35.5 Å². The van der Waals surface area contributed by atoms with Crippen molar-refractivity contribution in [3.63, 3.8) is 0 Å². The summed E-state index contributed by atoms with van der Waals surface area (Å²) in [6, 6.07) is 11.5. The first-order chi connectivity index (χ1) is 13.5. The van der Waals surface area contributed by atoms with Gasteiger partial charge in [0.15, 0.2) is 6.61 Å². The van der Waals surface area contributed by atoms with Crippen LogP contribution in [0.4, 0.5) is 11.4 Å². The molecule has 0 aliphatic heterocycles. The van der Waals surface area contributed by atoms with Crippen LogP contribution in [0.2, 0.25) is 0 Å². The molecule has 0 radical (unpaired) electrons. The van der Waals surface area contributed by atoms with Gasteiger partial charge in [-0.1, -0.05) is 18.2 Å². The van der Waals surface area contributed by atoms with E-state index in [1.165, 1.54) is 25.3 Å². The largest absolute Gasteiger partial charge is 0.496 e. The van der Waals surface area contributed by atoms with Crippen LogP contribution in [0, 0.1) is 10.1 Å². The van der Waals surface area contributed by atoms with Crippen molar-refractivity contribution in [2.75, 3.05) is 19.0 Å². The fourth-order valence-corrected chi connectivity index (χ4v) is 2.71. The van der Waals surface area contributed by atoms with E-state index >= 15 is 0 Å². The standard InChI is InChI=1S/C19H17N3O6/c1-27-13-6-7-16(17(9-13)22(25)26)21-18(23)11-28-19(24)8-12-10-20-15-5-3-2-4-14(12)15/h2-7,9-10,20H,8,11H2,1H3,(H,21,23). The van der Waals surface area contributed by atoms with Gasteiger partial charge in [0.25, 0.3) is 11.6 Å². The molecule has 0 saturated heterocycles. The van der Waals surface area contributed by atoms with E-state index in [1.54, 1.807) is 6.20 Å². The van der Waals surface area contributed by atoms with E-state index < -0.39 is 23.4 Å². The van der Waals surface area contributed by atoms with Crippen LogP contribution in [0.1, 0.15) is 5.56 Å². The molecule has 28 heavy (non-hydrogen) atoms. The Hall–Kier alpha value is -3.88. The van der Waals surface area contributed by atoms with Gasteiger partial charge < -0.3 is 19.8 Å². The second-order valence-electron chi connectivity index (χ2n) is 5.89. The average molecular weight is 383 g/mol. The Morgan fingerprint density at radius 2 is 2.00 bits per heavy atom. The molecule has 0 aliphatic carbocycles. The van der Waals surface area contributed by atoms with Gasteiger partial charge in [-0.25, -0.2) is 0 Å². The number of hydrogen-bond donors (Lipinski definition) is 2. The molecule has 0 unspecified atom stereocenters. The molecule has 0 atom stereocenters. The lowest BCUT2D eigenvalue weighted by molar-refractivity contribution is -0.384. The second kappa shape index (κ2) is 8.21. The molecule has 2 N–H and O–H groups in total. The number of esters is 1. The number of aromatic amines is 1. The SMILES string of the molecule is COc1ccc(NC(=O)COC(=O)Cc2c[nH]c3ccccc23)c([N+](=O)[O-])c1. The molecule has 0 aliphatic rings. The normalized spacial score (nSPS) is 10.5. The summed E-state index contributed by atoms with van der Waals surface area (Å²) in [5.74, 6) is -0.973. The maximum atomic E-state index is 12.0. The molecule has 0 spiro atoms. The number of ether oxygens (including phenoxy) is 2. The molecule has 9 nitrogen and oxygen atoms in total. The molecular formula is C19H17N3O6. The summed E-state index contributed by atoms with van der Waals surface area (Å²) in [7, 11) is 1.38. The van der Waals surface area contributed by atoms with Gasteiger partial charge in [0, 0.05) is 17.1 Å². The highest BCUT2D eigenvalue weighted by atomic mass is 16.6. The number of carbonyl (C=O) groups excluding carboxylic acids is 2. The number of nitro groups is 1. The lowest BCUT2D eigenvalue weighted by atomic mass is 10.1. The third kappa shape index (κ3) is 4.26. The van der Waals surface area contributed by atoms with E-state index in [0.29, 0.717) is 0 Å². The highest BCUT2D eigenvalue weighted by molar-refractivity contribution is 5.95. The summed E-state index contributed by atoms with van der Waals surface area (Å²) in [6.45, 7) is -0.551. The van der Waals surface area contributed by atoms with Crippen LogP contribution in [-0.2, 0) is 20.7 Å². The first kappa shape index (κ1) is 18.9. The van der Waals surface area contributed by atoms with E-state index in [4.69, 9.17) is 9.47 Å². The van der Waals surface area contributed by atoms with Gasteiger partial charge in [-0.3, -0.25) is 19.7 Å². The fourth-order valence-electron chi connectivity index (χ4n) is 2.71. The molecule has 1 amide bonds. The minimum Gasteiger partial charge on any atom is -0.496 e. The predicted molar refractivity (Wildman–Crippen MR) is 101 cm³/mol. The number of para-hydroxylation sites is 1. The fraction of sp³-hybridized carbons (Fsp3) is 0.158. The lowest BCUT2D eigenvalue weighted by Crippen LogP contribution is -2.22. The third-order valence-corrected chi connectivity index (χ3v) is 4.05. The zero-order valence-electron chi connectivity index (χ0n) is 14.9. The Balaban J connectivity index is 1.58. The molecule has 2 aromatic carbocycles. The van der Waals surface area contributed by atoms with Crippen LogP contribution in [0.5, 0.6) is 5.75 Å². The molecule has 1 aromatic heterocycles.